The molecule has 4 rings (SSSR count). The van der Waals surface area contributed by atoms with E-state index in [2.05, 4.69) is 5.10 Å². The number of anilines is 1. The second-order valence-corrected chi connectivity index (χ2v) is 7.44. The van der Waals surface area contributed by atoms with Gasteiger partial charge in [0, 0.05) is 6.54 Å². The Balaban J connectivity index is 1.87. The third-order valence-corrected chi connectivity index (χ3v) is 5.20. The quantitative estimate of drug-likeness (QED) is 0.521. The van der Waals surface area contributed by atoms with E-state index >= 15 is 0 Å². The van der Waals surface area contributed by atoms with Crippen LogP contribution in [0.4, 0.5) is 19.0 Å². The van der Waals surface area contributed by atoms with Crippen LogP contribution in [0, 0.1) is 11.3 Å². The number of halogens is 5. The van der Waals surface area contributed by atoms with Gasteiger partial charge in [-0.25, -0.2) is 4.68 Å². The van der Waals surface area contributed by atoms with E-state index < -0.39 is 11.7 Å². The van der Waals surface area contributed by atoms with Gasteiger partial charge in [0.15, 0.2) is 5.69 Å². The maximum atomic E-state index is 13.1. The van der Waals surface area contributed by atoms with E-state index in [9.17, 15) is 18.4 Å². The summed E-state index contributed by atoms with van der Waals surface area (Å²) in [7, 11) is 0. The highest BCUT2D eigenvalue weighted by molar-refractivity contribution is 6.38. The number of aromatic nitrogens is 2. The Morgan fingerprint density at radius 2 is 1.80 bits per heavy atom. The topological polar surface area (TPSA) is 54.1 Å². The maximum absolute atomic E-state index is 13.1. The van der Waals surface area contributed by atoms with Crippen molar-refractivity contribution >= 4 is 29.0 Å². The van der Waals surface area contributed by atoms with E-state index in [1.54, 1.807) is 0 Å². The zero-order valence-electron chi connectivity index (χ0n) is 15.2. The molecule has 0 fully saturated rings. The molecule has 0 amide bonds. The van der Waals surface area contributed by atoms with Crippen LogP contribution < -0.4 is 4.90 Å². The molecule has 0 aliphatic carbocycles. The molecule has 154 valence electrons. The van der Waals surface area contributed by atoms with Gasteiger partial charge in [0.05, 0.1) is 27.8 Å². The number of ether oxygens (including phenoxy) is 1. The average molecular weight is 453 g/mol. The minimum atomic E-state index is -4.60. The van der Waals surface area contributed by atoms with E-state index in [1.807, 2.05) is 41.3 Å². The molecule has 5 nitrogen and oxygen atoms in total. The van der Waals surface area contributed by atoms with Crippen LogP contribution in [0.3, 0.4) is 0 Å². The Labute approximate surface area is 179 Å². The summed E-state index contributed by atoms with van der Waals surface area (Å²) in [6.07, 6.45) is -4.60. The molecule has 30 heavy (non-hydrogen) atoms. The Kier molecular flexibility index (Phi) is 5.36. The van der Waals surface area contributed by atoms with E-state index in [1.165, 1.54) is 4.68 Å². The van der Waals surface area contributed by atoms with Crippen molar-refractivity contribution in [2.24, 2.45) is 0 Å². The summed E-state index contributed by atoms with van der Waals surface area (Å²) in [5.74, 6) is 0.505. The van der Waals surface area contributed by atoms with Crippen LogP contribution in [0.1, 0.15) is 22.4 Å². The molecule has 0 atom stereocenters. The molecule has 0 spiro atoms. The molecule has 0 saturated carbocycles. The second-order valence-electron chi connectivity index (χ2n) is 6.62. The highest BCUT2D eigenvalue weighted by atomic mass is 35.5. The van der Waals surface area contributed by atoms with Gasteiger partial charge in [-0.3, -0.25) is 0 Å². The standard InChI is InChI=1S/C20H13Cl2F3N4O/c21-15-6-13(20(23,24)25)7-16(22)18(15)29-19-14(17(8-26)27-29)10-30-11-28(19)9-12-4-2-1-3-5-12/h1-7H,9-11H2. The maximum Gasteiger partial charge on any atom is 0.416 e. The Morgan fingerprint density at radius 3 is 2.40 bits per heavy atom. The lowest BCUT2D eigenvalue weighted by molar-refractivity contribution is -0.137. The van der Waals surface area contributed by atoms with Crippen molar-refractivity contribution < 1.29 is 17.9 Å². The summed E-state index contributed by atoms with van der Waals surface area (Å²) in [6, 6.07) is 13.1. The van der Waals surface area contributed by atoms with Crippen molar-refractivity contribution in [3.8, 4) is 11.8 Å². The molecule has 0 N–H and O–H groups in total. The lowest BCUT2D eigenvalue weighted by atomic mass is 10.1. The van der Waals surface area contributed by atoms with Crippen molar-refractivity contribution in [1.82, 2.24) is 9.78 Å². The second kappa shape index (κ2) is 7.84. The number of nitrogens with zero attached hydrogens (tertiary/aromatic N) is 4. The van der Waals surface area contributed by atoms with Crippen molar-refractivity contribution in [2.75, 3.05) is 11.6 Å². The fourth-order valence-corrected chi connectivity index (χ4v) is 3.97. The monoisotopic (exact) mass is 452 g/mol. The Bertz CT molecular complexity index is 1120. The van der Waals surface area contributed by atoms with Crippen LogP contribution in [-0.2, 0) is 24.1 Å². The van der Waals surface area contributed by atoms with Crippen LogP contribution in [-0.4, -0.2) is 16.5 Å². The molecular formula is C20H13Cl2F3N4O. The lowest BCUT2D eigenvalue weighted by Gasteiger charge is -2.30. The van der Waals surface area contributed by atoms with Gasteiger partial charge in [-0.05, 0) is 17.7 Å². The summed E-state index contributed by atoms with van der Waals surface area (Å²) >= 11 is 12.4. The summed E-state index contributed by atoms with van der Waals surface area (Å²) in [4.78, 5) is 1.83. The van der Waals surface area contributed by atoms with E-state index in [0.717, 1.165) is 17.7 Å². The zero-order chi connectivity index (χ0) is 21.5. The zero-order valence-corrected chi connectivity index (χ0v) is 16.8. The van der Waals surface area contributed by atoms with Gasteiger partial charge in [0.25, 0.3) is 0 Å². The van der Waals surface area contributed by atoms with Crippen LogP contribution >= 0.6 is 23.2 Å². The number of rotatable bonds is 3. The molecule has 0 saturated heterocycles. The van der Waals surface area contributed by atoms with E-state index in [0.29, 0.717) is 17.9 Å². The van der Waals surface area contributed by atoms with Crippen molar-refractivity contribution in [1.29, 1.82) is 5.26 Å². The van der Waals surface area contributed by atoms with Gasteiger partial charge in [-0.2, -0.15) is 23.5 Å². The molecular weight excluding hydrogens is 440 g/mol. The number of fused-ring (bicyclic) bond motifs is 1. The first-order chi connectivity index (χ1) is 14.3. The van der Waals surface area contributed by atoms with Crippen LogP contribution in [0.15, 0.2) is 42.5 Å². The minimum absolute atomic E-state index is 0.0732. The van der Waals surface area contributed by atoms with Gasteiger partial charge in [-0.1, -0.05) is 53.5 Å². The van der Waals surface area contributed by atoms with Crippen molar-refractivity contribution in [3.63, 3.8) is 0 Å². The van der Waals surface area contributed by atoms with Gasteiger partial charge in [0.2, 0.25) is 0 Å². The molecule has 1 aliphatic rings. The van der Waals surface area contributed by atoms with Gasteiger partial charge < -0.3 is 9.64 Å². The number of alkyl halides is 3. The molecule has 0 radical (unpaired) electrons. The summed E-state index contributed by atoms with van der Waals surface area (Å²) in [5.41, 5.74) is 0.697. The Morgan fingerprint density at radius 1 is 1.13 bits per heavy atom. The van der Waals surface area contributed by atoms with Crippen LogP contribution in [0.5, 0.6) is 0 Å². The minimum Gasteiger partial charge on any atom is -0.356 e. The first-order valence-electron chi connectivity index (χ1n) is 8.75. The summed E-state index contributed by atoms with van der Waals surface area (Å²) in [6.45, 7) is 0.772. The predicted octanol–water partition coefficient (Wildman–Crippen LogP) is 5.56. The average Bonchev–Trinajstić information content (AvgIpc) is 3.07. The number of hydrogen-bond donors (Lipinski definition) is 0. The smallest absolute Gasteiger partial charge is 0.356 e. The molecule has 1 aliphatic heterocycles. The largest absolute Gasteiger partial charge is 0.416 e. The van der Waals surface area contributed by atoms with Crippen LogP contribution in [0.2, 0.25) is 10.0 Å². The first-order valence-corrected chi connectivity index (χ1v) is 9.50. The summed E-state index contributed by atoms with van der Waals surface area (Å²) < 4.78 is 46.3. The van der Waals surface area contributed by atoms with E-state index in [4.69, 9.17) is 27.9 Å². The molecule has 0 bridgehead atoms. The number of benzene rings is 2. The van der Waals surface area contributed by atoms with Crippen molar-refractivity contribution in [3.05, 3.63) is 74.9 Å². The molecule has 2 heterocycles. The number of hydrogen-bond acceptors (Lipinski definition) is 4. The third-order valence-electron chi connectivity index (χ3n) is 4.63. The molecule has 2 aromatic carbocycles. The van der Waals surface area contributed by atoms with Gasteiger partial charge >= 0.3 is 6.18 Å². The molecule has 10 heteroatoms. The molecule has 1 aromatic heterocycles. The van der Waals surface area contributed by atoms with E-state index in [-0.39, 0.29) is 34.8 Å². The Hall–Kier alpha value is -2.73. The SMILES string of the molecule is N#Cc1nn(-c2c(Cl)cc(C(F)(F)F)cc2Cl)c2c1COCN2Cc1ccccc1. The van der Waals surface area contributed by atoms with Gasteiger partial charge in [-0.15, -0.1) is 0 Å². The molecule has 0 unspecified atom stereocenters. The fraction of sp³-hybridized carbons (Fsp3) is 0.200. The van der Waals surface area contributed by atoms with Crippen molar-refractivity contribution in [2.45, 2.75) is 19.3 Å². The highest BCUT2D eigenvalue weighted by Crippen LogP contribution is 2.40. The lowest BCUT2D eigenvalue weighted by Crippen LogP contribution is -2.32. The fourth-order valence-electron chi connectivity index (χ4n) is 3.32. The normalized spacial score (nSPS) is 13.8. The predicted molar refractivity (Wildman–Crippen MR) is 106 cm³/mol. The number of nitriles is 1. The van der Waals surface area contributed by atoms with Crippen LogP contribution in [0.25, 0.3) is 5.69 Å². The highest BCUT2D eigenvalue weighted by Gasteiger charge is 2.34. The molecule has 3 aromatic rings. The first kappa shape index (κ1) is 20.5. The summed E-state index contributed by atoms with van der Waals surface area (Å²) in [5, 5.41) is 13.3. The van der Waals surface area contributed by atoms with Gasteiger partial charge in [0.1, 0.15) is 24.3 Å². The third kappa shape index (κ3) is 3.72.